The number of likely N-dealkylation sites (tertiary alicyclic amines) is 1. The molecule has 0 aliphatic carbocycles. The second-order valence-corrected chi connectivity index (χ2v) is 7.08. The lowest BCUT2D eigenvalue weighted by Crippen LogP contribution is -2.43. The molecule has 2 aromatic rings. The molecule has 1 aliphatic rings. The smallest absolute Gasteiger partial charge is 0.233 e. The lowest BCUT2D eigenvalue weighted by molar-refractivity contribution is -0.131. The number of thioether (sulfide) groups is 1. The highest BCUT2D eigenvalue weighted by atomic mass is 32.2. The van der Waals surface area contributed by atoms with Gasteiger partial charge in [-0.05, 0) is 33.1 Å². The van der Waals surface area contributed by atoms with Crippen LogP contribution >= 0.6 is 11.8 Å². The van der Waals surface area contributed by atoms with Gasteiger partial charge in [-0.3, -0.25) is 4.79 Å². The van der Waals surface area contributed by atoms with Crippen molar-refractivity contribution >= 4 is 17.7 Å². The quantitative estimate of drug-likeness (QED) is 0.780. The van der Waals surface area contributed by atoms with Crippen molar-refractivity contribution in [3.05, 3.63) is 30.3 Å². The lowest BCUT2D eigenvalue weighted by atomic mass is 10.0. The topological polar surface area (TPSA) is 51.0 Å². The van der Waals surface area contributed by atoms with Crippen LogP contribution < -0.4 is 0 Å². The van der Waals surface area contributed by atoms with Gasteiger partial charge in [0.2, 0.25) is 5.91 Å². The van der Waals surface area contributed by atoms with Crippen molar-refractivity contribution in [2.24, 2.45) is 0 Å². The van der Waals surface area contributed by atoms with Crippen LogP contribution in [0.1, 0.15) is 33.1 Å². The highest BCUT2D eigenvalue weighted by Crippen LogP contribution is 2.25. The summed E-state index contributed by atoms with van der Waals surface area (Å²) >= 11 is 1.49. The Kier molecular flexibility index (Phi) is 5.56. The molecular weight excluding hydrogens is 320 g/mol. The van der Waals surface area contributed by atoms with Crippen LogP contribution in [-0.4, -0.2) is 43.9 Å². The minimum Gasteiger partial charge on any atom is -0.339 e. The Bertz CT molecular complexity index is 686. The molecule has 0 saturated carbocycles. The van der Waals surface area contributed by atoms with Gasteiger partial charge in [0.25, 0.3) is 0 Å². The molecule has 1 atom stereocenters. The molecule has 1 aliphatic heterocycles. The number of rotatable bonds is 5. The zero-order valence-corrected chi connectivity index (χ0v) is 15.1. The third-order valence-corrected chi connectivity index (χ3v) is 5.46. The van der Waals surface area contributed by atoms with E-state index in [-0.39, 0.29) is 5.91 Å². The molecule has 5 nitrogen and oxygen atoms in total. The Morgan fingerprint density at radius 3 is 2.75 bits per heavy atom. The number of aromatic nitrogens is 3. The van der Waals surface area contributed by atoms with Gasteiger partial charge in [0.15, 0.2) is 11.0 Å². The SMILES string of the molecule is CCn1c(SCC(=O)N2CCCCC2C)nnc1-c1ccccc1. The van der Waals surface area contributed by atoms with E-state index in [0.717, 1.165) is 42.5 Å². The van der Waals surface area contributed by atoms with Crippen LogP contribution in [0.25, 0.3) is 11.4 Å². The Morgan fingerprint density at radius 1 is 1.25 bits per heavy atom. The monoisotopic (exact) mass is 344 g/mol. The molecule has 1 aromatic carbocycles. The van der Waals surface area contributed by atoms with E-state index in [9.17, 15) is 4.79 Å². The first kappa shape index (κ1) is 17.0. The van der Waals surface area contributed by atoms with E-state index < -0.39 is 0 Å². The van der Waals surface area contributed by atoms with Crippen molar-refractivity contribution in [1.82, 2.24) is 19.7 Å². The second-order valence-electron chi connectivity index (χ2n) is 6.14. The molecule has 1 unspecified atom stereocenters. The number of benzene rings is 1. The summed E-state index contributed by atoms with van der Waals surface area (Å²) in [6.07, 6.45) is 3.45. The molecule has 1 saturated heterocycles. The average molecular weight is 344 g/mol. The highest BCUT2D eigenvalue weighted by molar-refractivity contribution is 7.99. The third kappa shape index (κ3) is 3.64. The van der Waals surface area contributed by atoms with Crippen molar-refractivity contribution in [3.8, 4) is 11.4 Å². The molecule has 0 bridgehead atoms. The van der Waals surface area contributed by atoms with Crippen molar-refractivity contribution < 1.29 is 4.79 Å². The second kappa shape index (κ2) is 7.83. The van der Waals surface area contributed by atoms with Crippen molar-refractivity contribution in [1.29, 1.82) is 0 Å². The van der Waals surface area contributed by atoms with Gasteiger partial charge in [-0.1, -0.05) is 42.1 Å². The maximum absolute atomic E-state index is 12.5. The summed E-state index contributed by atoms with van der Waals surface area (Å²) in [6.45, 7) is 5.89. The van der Waals surface area contributed by atoms with Crippen LogP contribution in [0, 0.1) is 0 Å². The van der Waals surface area contributed by atoms with Crippen LogP contribution in [0.15, 0.2) is 35.5 Å². The maximum Gasteiger partial charge on any atom is 0.233 e. The van der Waals surface area contributed by atoms with Gasteiger partial charge >= 0.3 is 0 Å². The zero-order chi connectivity index (χ0) is 16.9. The van der Waals surface area contributed by atoms with Gasteiger partial charge in [0, 0.05) is 24.7 Å². The fourth-order valence-corrected chi connectivity index (χ4v) is 4.05. The van der Waals surface area contributed by atoms with E-state index in [1.54, 1.807) is 0 Å². The van der Waals surface area contributed by atoms with E-state index in [1.165, 1.54) is 18.2 Å². The molecule has 24 heavy (non-hydrogen) atoms. The van der Waals surface area contributed by atoms with Crippen LogP contribution in [0.4, 0.5) is 0 Å². The summed E-state index contributed by atoms with van der Waals surface area (Å²) in [5.74, 6) is 1.50. The predicted octanol–water partition coefficient (Wildman–Crippen LogP) is 3.46. The van der Waals surface area contributed by atoms with E-state index in [4.69, 9.17) is 0 Å². The summed E-state index contributed by atoms with van der Waals surface area (Å²) < 4.78 is 2.08. The zero-order valence-electron chi connectivity index (χ0n) is 14.3. The Labute approximate surface area is 147 Å². The molecular formula is C18H24N4OS. The molecule has 1 fully saturated rings. The normalized spacial score (nSPS) is 17.9. The van der Waals surface area contributed by atoms with E-state index in [2.05, 4.69) is 28.6 Å². The van der Waals surface area contributed by atoms with Crippen molar-refractivity contribution in [3.63, 3.8) is 0 Å². The number of nitrogens with zero attached hydrogens (tertiary/aromatic N) is 4. The number of piperidine rings is 1. The van der Waals surface area contributed by atoms with E-state index in [0.29, 0.717) is 11.8 Å². The molecule has 6 heteroatoms. The molecule has 0 radical (unpaired) electrons. The van der Waals surface area contributed by atoms with E-state index >= 15 is 0 Å². The third-order valence-electron chi connectivity index (χ3n) is 4.51. The molecule has 128 valence electrons. The number of carbonyl (C=O) groups excluding carboxylic acids is 1. The van der Waals surface area contributed by atoms with Gasteiger partial charge in [0.1, 0.15) is 0 Å². The summed E-state index contributed by atoms with van der Waals surface area (Å²) in [5, 5.41) is 9.45. The lowest BCUT2D eigenvalue weighted by Gasteiger charge is -2.33. The summed E-state index contributed by atoms with van der Waals surface area (Å²) in [4.78, 5) is 14.5. The number of hydrogen-bond donors (Lipinski definition) is 0. The summed E-state index contributed by atoms with van der Waals surface area (Å²) in [7, 11) is 0. The number of hydrogen-bond acceptors (Lipinski definition) is 4. The molecule has 0 spiro atoms. The largest absolute Gasteiger partial charge is 0.339 e. The Hall–Kier alpha value is -1.82. The molecule has 1 amide bonds. The summed E-state index contributed by atoms with van der Waals surface area (Å²) in [6, 6.07) is 10.4. The van der Waals surface area contributed by atoms with Crippen LogP contribution in [0.3, 0.4) is 0 Å². The first-order valence-corrected chi connectivity index (χ1v) is 9.60. The summed E-state index contributed by atoms with van der Waals surface area (Å²) in [5.41, 5.74) is 1.05. The van der Waals surface area contributed by atoms with Crippen LogP contribution in [0.2, 0.25) is 0 Å². The number of amides is 1. The first-order chi connectivity index (χ1) is 11.7. The Balaban J connectivity index is 1.69. The van der Waals surface area contributed by atoms with Gasteiger partial charge in [-0.15, -0.1) is 10.2 Å². The van der Waals surface area contributed by atoms with Gasteiger partial charge in [-0.2, -0.15) is 0 Å². The van der Waals surface area contributed by atoms with Gasteiger partial charge in [0.05, 0.1) is 5.75 Å². The predicted molar refractivity (Wildman–Crippen MR) is 96.9 cm³/mol. The highest BCUT2D eigenvalue weighted by Gasteiger charge is 2.24. The average Bonchev–Trinajstić information content (AvgIpc) is 3.03. The Morgan fingerprint density at radius 2 is 2.04 bits per heavy atom. The number of carbonyl (C=O) groups is 1. The first-order valence-electron chi connectivity index (χ1n) is 8.61. The molecule has 1 aromatic heterocycles. The van der Waals surface area contributed by atoms with Gasteiger partial charge < -0.3 is 9.47 Å². The van der Waals surface area contributed by atoms with Crippen molar-refractivity contribution in [2.45, 2.75) is 50.9 Å². The fourth-order valence-electron chi connectivity index (χ4n) is 3.16. The van der Waals surface area contributed by atoms with Gasteiger partial charge in [-0.25, -0.2) is 0 Å². The van der Waals surface area contributed by atoms with Crippen molar-refractivity contribution in [2.75, 3.05) is 12.3 Å². The van der Waals surface area contributed by atoms with E-state index in [1.807, 2.05) is 35.2 Å². The van der Waals surface area contributed by atoms with Crippen LogP contribution in [-0.2, 0) is 11.3 Å². The molecule has 0 N–H and O–H groups in total. The minimum absolute atomic E-state index is 0.208. The molecule has 2 heterocycles. The van der Waals surface area contributed by atoms with Crippen LogP contribution in [0.5, 0.6) is 0 Å². The standard InChI is InChI=1S/C18H24N4OS/c1-3-21-17(15-10-5-4-6-11-15)19-20-18(21)24-13-16(23)22-12-8-7-9-14(22)2/h4-6,10-11,14H,3,7-9,12-13H2,1-2H3. The maximum atomic E-state index is 12.5. The minimum atomic E-state index is 0.208. The molecule has 3 rings (SSSR count). The fraction of sp³-hybridized carbons (Fsp3) is 0.500.